The Morgan fingerprint density at radius 3 is 2.62 bits per heavy atom. The number of hydrogen-bond acceptors (Lipinski definition) is 4. The van der Waals surface area contributed by atoms with Crippen molar-refractivity contribution >= 4 is 35.8 Å². The van der Waals surface area contributed by atoms with Crippen molar-refractivity contribution in [3.8, 4) is 0 Å². The van der Waals surface area contributed by atoms with E-state index in [4.69, 9.17) is 4.74 Å². The van der Waals surface area contributed by atoms with E-state index in [0.29, 0.717) is 25.2 Å². The zero-order valence-electron chi connectivity index (χ0n) is 17.9. The van der Waals surface area contributed by atoms with Gasteiger partial charge in [-0.2, -0.15) is 0 Å². The molecule has 1 aromatic rings. The first-order valence-electron chi connectivity index (χ1n) is 10.2. The van der Waals surface area contributed by atoms with Crippen LogP contribution in [0.3, 0.4) is 0 Å². The zero-order valence-corrected chi connectivity index (χ0v) is 20.2. The van der Waals surface area contributed by atoms with Gasteiger partial charge in [0.15, 0.2) is 5.96 Å². The molecule has 0 atom stereocenters. The molecule has 1 aliphatic heterocycles. The fourth-order valence-corrected chi connectivity index (χ4v) is 3.28. The molecule has 0 bridgehead atoms. The molecule has 0 radical (unpaired) electrons. The minimum Gasteiger partial charge on any atom is -0.383 e. The Kier molecular flexibility index (Phi) is 12.9. The van der Waals surface area contributed by atoms with Crippen molar-refractivity contribution in [3.63, 3.8) is 0 Å². The van der Waals surface area contributed by atoms with Crippen LogP contribution < -0.4 is 16.0 Å². The van der Waals surface area contributed by atoms with Crippen LogP contribution in [0, 0.1) is 6.92 Å². The summed E-state index contributed by atoms with van der Waals surface area (Å²) in [5, 5.41) is 9.50. The molecule has 1 aromatic carbocycles. The van der Waals surface area contributed by atoms with Gasteiger partial charge in [-0.15, -0.1) is 24.0 Å². The summed E-state index contributed by atoms with van der Waals surface area (Å²) >= 11 is 0. The van der Waals surface area contributed by atoms with Crippen LogP contribution in [0.4, 0.5) is 0 Å². The average Bonchev–Trinajstić information content (AvgIpc) is 2.70. The van der Waals surface area contributed by atoms with Crippen LogP contribution in [0.15, 0.2) is 29.3 Å². The smallest absolute Gasteiger partial charge is 0.241 e. The maximum atomic E-state index is 11.8. The number of aryl methyl sites for hydroxylation is 1. The van der Waals surface area contributed by atoms with Gasteiger partial charge in [-0.1, -0.05) is 24.3 Å². The van der Waals surface area contributed by atoms with Gasteiger partial charge in [0.25, 0.3) is 0 Å². The van der Waals surface area contributed by atoms with E-state index in [2.05, 4.69) is 57.0 Å². The molecule has 7 nitrogen and oxygen atoms in total. The number of aliphatic imine (C=N–C) groups is 1. The summed E-state index contributed by atoms with van der Waals surface area (Å²) in [5.41, 5.74) is 2.76. The van der Waals surface area contributed by atoms with E-state index in [-0.39, 0.29) is 36.4 Å². The number of rotatable bonds is 9. The molecular formula is C21H36IN5O2. The molecule has 1 heterocycles. The quantitative estimate of drug-likeness (QED) is 0.202. The Labute approximate surface area is 192 Å². The topological polar surface area (TPSA) is 78.0 Å². The van der Waals surface area contributed by atoms with Crippen LogP contribution in [-0.4, -0.2) is 69.2 Å². The monoisotopic (exact) mass is 517 g/mol. The van der Waals surface area contributed by atoms with Gasteiger partial charge in [-0.25, -0.2) is 4.99 Å². The third-order valence-corrected chi connectivity index (χ3v) is 4.94. The highest BCUT2D eigenvalue weighted by molar-refractivity contribution is 14.0. The second-order valence-electron chi connectivity index (χ2n) is 7.16. The van der Waals surface area contributed by atoms with Crippen molar-refractivity contribution < 1.29 is 9.53 Å². The van der Waals surface area contributed by atoms with Gasteiger partial charge in [0.1, 0.15) is 6.54 Å². The predicted octanol–water partition coefficient (Wildman–Crippen LogP) is 1.90. The van der Waals surface area contributed by atoms with Crippen LogP contribution in [0.5, 0.6) is 0 Å². The molecule has 0 aromatic heterocycles. The van der Waals surface area contributed by atoms with Gasteiger partial charge < -0.3 is 20.7 Å². The summed E-state index contributed by atoms with van der Waals surface area (Å²) in [7, 11) is 1.61. The molecule has 0 unspecified atom stereocenters. The van der Waals surface area contributed by atoms with Gasteiger partial charge in [0.2, 0.25) is 5.91 Å². The lowest BCUT2D eigenvalue weighted by Gasteiger charge is -2.33. The molecule has 0 spiro atoms. The average molecular weight is 517 g/mol. The summed E-state index contributed by atoms with van der Waals surface area (Å²) < 4.78 is 4.93. The van der Waals surface area contributed by atoms with Crippen molar-refractivity contribution in [1.82, 2.24) is 20.9 Å². The molecule has 0 saturated carbocycles. The number of methoxy groups -OCH3 is 1. The second kappa shape index (κ2) is 14.6. The minimum atomic E-state index is -0.0951. The van der Waals surface area contributed by atoms with Crippen LogP contribution in [-0.2, 0) is 16.1 Å². The molecule has 0 aliphatic carbocycles. The Bertz CT molecular complexity index is 633. The van der Waals surface area contributed by atoms with Crippen molar-refractivity contribution in [2.24, 2.45) is 4.99 Å². The molecule has 1 amide bonds. The van der Waals surface area contributed by atoms with E-state index in [1.165, 1.54) is 11.1 Å². The molecule has 164 valence electrons. The highest BCUT2D eigenvalue weighted by Crippen LogP contribution is 2.16. The number of piperidine rings is 1. The molecule has 3 N–H and O–H groups in total. The molecule has 1 saturated heterocycles. The number of guanidine groups is 1. The molecule has 1 fully saturated rings. The van der Waals surface area contributed by atoms with Gasteiger partial charge in [-0.3, -0.25) is 9.69 Å². The van der Waals surface area contributed by atoms with Gasteiger partial charge in [0, 0.05) is 45.9 Å². The van der Waals surface area contributed by atoms with Crippen LogP contribution in [0.2, 0.25) is 0 Å². The molecular weight excluding hydrogens is 481 g/mol. The Morgan fingerprint density at radius 1 is 1.24 bits per heavy atom. The van der Waals surface area contributed by atoms with Crippen molar-refractivity contribution in [3.05, 3.63) is 35.4 Å². The van der Waals surface area contributed by atoms with Crippen molar-refractivity contribution in [2.75, 3.05) is 46.4 Å². The number of halogens is 1. The number of nitrogens with zero attached hydrogens (tertiary/aromatic N) is 2. The largest absolute Gasteiger partial charge is 0.383 e. The Balaban J connectivity index is 0.00000420. The van der Waals surface area contributed by atoms with Crippen LogP contribution in [0.1, 0.15) is 30.9 Å². The normalized spacial score (nSPS) is 15.5. The molecule has 1 aliphatic rings. The summed E-state index contributed by atoms with van der Waals surface area (Å²) in [6, 6.07) is 8.97. The number of carbonyl (C=O) groups is 1. The van der Waals surface area contributed by atoms with E-state index in [1.54, 1.807) is 7.11 Å². The summed E-state index contributed by atoms with van der Waals surface area (Å²) in [5.74, 6) is 0.615. The number of hydrogen-bond donors (Lipinski definition) is 3. The summed E-state index contributed by atoms with van der Waals surface area (Å²) in [6.45, 7) is 9.23. The lowest BCUT2D eigenvalue weighted by molar-refractivity contribution is -0.119. The fourth-order valence-electron chi connectivity index (χ4n) is 3.28. The van der Waals surface area contributed by atoms with E-state index in [1.807, 2.05) is 6.92 Å². The maximum Gasteiger partial charge on any atom is 0.241 e. The van der Waals surface area contributed by atoms with Gasteiger partial charge in [0.05, 0.1) is 6.61 Å². The maximum absolute atomic E-state index is 11.8. The summed E-state index contributed by atoms with van der Waals surface area (Å²) in [4.78, 5) is 18.7. The first-order chi connectivity index (χ1) is 13.6. The van der Waals surface area contributed by atoms with E-state index >= 15 is 0 Å². The lowest BCUT2D eigenvalue weighted by atomic mass is 10.0. The fraction of sp³-hybridized carbons (Fsp3) is 0.619. The zero-order chi connectivity index (χ0) is 20.2. The number of benzene rings is 1. The second-order valence-corrected chi connectivity index (χ2v) is 7.16. The third kappa shape index (κ3) is 9.77. The first-order valence-corrected chi connectivity index (χ1v) is 10.2. The van der Waals surface area contributed by atoms with E-state index in [0.717, 1.165) is 39.0 Å². The standard InChI is InChI=1S/C21H35N5O2.HI/c1-4-22-21(24-15-20(27)23-11-14-28-3)25-19-9-12-26(13-10-19)16-18-8-6-5-7-17(18)2;/h5-8,19H,4,9-16H2,1-3H3,(H,23,27)(H2,22,24,25);1H. The van der Waals surface area contributed by atoms with Gasteiger partial charge >= 0.3 is 0 Å². The third-order valence-electron chi connectivity index (χ3n) is 4.94. The number of carbonyl (C=O) groups excluding carboxylic acids is 1. The summed E-state index contributed by atoms with van der Waals surface area (Å²) in [6.07, 6.45) is 2.13. The minimum absolute atomic E-state index is 0. The van der Waals surface area contributed by atoms with Crippen LogP contribution >= 0.6 is 24.0 Å². The van der Waals surface area contributed by atoms with Crippen LogP contribution in [0.25, 0.3) is 0 Å². The van der Waals surface area contributed by atoms with E-state index in [9.17, 15) is 4.79 Å². The Morgan fingerprint density at radius 2 is 1.97 bits per heavy atom. The number of ether oxygens (including phenoxy) is 1. The predicted molar refractivity (Wildman–Crippen MR) is 129 cm³/mol. The first kappa shape index (κ1) is 25.6. The van der Waals surface area contributed by atoms with Gasteiger partial charge in [-0.05, 0) is 37.8 Å². The number of likely N-dealkylation sites (tertiary alicyclic amines) is 1. The van der Waals surface area contributed by atoms with Crippen molar-refractivity contribution in [2.45, 2.75) is 39.3 Å². The number of amides is 1. The molecule has 2 rings (SSSR count). The molecule has 8 heteroatoms. The lowest BCUT2D eigenvalue weighted by Crippen LogP contribution is -2.48. The SMILES string of the molecule is CCNC(=NCC(=O)NCCOC)NC1CCN(Cc2ccccc2C)CC1.I. The Hall–Kier alpha value is -1.39. The van der Waals surface area contributed by atoms with E-state index < -0.39 is 0 Å². The number of nitrogens with one attached hydrogen (secondary N) is 3. The highest BCUT2D eigenvalue weighted by Gasteiger charge is 2.20. The van der Waals surface area contributed by atoms with Crippen molar-refractivity contribution in [1.29, 1.82) is 0 Å². The highest BCUT2D eigenvalue weighted by atomic mass is 127. The molecule has 29 heavy (non-hydrogen) atoms.